The second-order valence-corrected chi connectivity index (χ2v) is 6.66. The van der Waals surface area contributed by atoms with Crippen LogP contribution in [-0.4, -0.2) is 30.7 Å². The molecule has 0 aliphatic carbocycles. The Hall–Kier alpha value is -3.89. The smallest absolute Gasteiger partial charge is 0.422 e. The molecule has 4 aromatic heterocycles. The van der Waals surface area contributed by atoms with Gasteiger partial charge in [-0.25, -0.2) is 9.97 Å². The maximum Gasteiger partial charge on any atom is 0.458 e. The number of halogens is 5. The number of pyridine rings is 2. The Labute approximate surface area is 170 Å². The third-order valence-electron chi connectivity index (χ3n) is 4.74. The molecule has 0 bridgehead atoms. The number of nitrogens with zero attached hydrogens (tertiary/aromatic N) is 5. The van der Waals surface area contributed by atoms with Crippen molar-refractivity contribution in [3.63, 3.8) is 0 Å². The molecule has 0 radical (unpaired) electrons. The van der Waals surface area contributed by atoms with Gasteiger partial charge in [-0.2, -0.15) is 22.0 Å². The summed E-state index contributed by atoms with van der Waals surface area (Å²) in [6.07, 6.45) is -3.30. The second kappa shape index (κ2) is 6.56. The van der Waals surface area contributed by atoms with Crippen LogP contribution in [0, 0.1) is 0 Å². The van der Waals surface area contributed by atoms with Gasteiger partial charge in [0.1, 0.15) is 17.0 Å². The molecule has 0 aliphatic heterocycles. The zero-order valence-electron chi connectivity index (χ0n) is 15.3. The number of hydrogen-bond donors (Lipinski definition) is 0. The van der Waals surface area contributed by atoms with Crippen LogP contribution in [0.1, 0.15) is 5.56 Å². The Morgan fingerprint density at radius 3 is 2.32 bits per heavy atom. The van der Waals surface area contributed by atoms with Gasteiger partial charge in [0.2, 0.25) is 6.39 Å². The van der Waals surface area contributed by atoms with E-state index >= 15 is 0 Å². The Morgan fingerprint density at radius 1 is 0.871 bits per heavy atom. The molecule has 6 nitrogen and oxygen atoms in total. The lowest BCUT2D eigenvalue weighted by Crippen LogP contribution is -2.34. The highest BCUT2D eigenvalue weighted by atomic mass is 19.4. The van der Waals surface area contributed by atoms with Gasteiger partial charge < -0.3 is 4.42 Å². The summed E-state index contributed by atoms with van der Waals surface area (Å²) < 4.78 is 75.2. The number of imidazole rings is 1. The number of hydrogen-bond acceptors (Lipinski definition) is 5. The summed E-state index contributed by atoms with van der Waals surface area (Å²) in [4.78, 5) is 8.65. The lowest BCUT2D eigenvalue weighted by Gasteiger charge is -2.22. The minimum absolute atomic E-state index is 0.0347. The van der Waals surface area contributed by atoms with Crippen molar-refractivity contribution in [3.05, 3.63) is 66.7 Å². The average Bonchev–Trinajstić information content (AvgIpc) is 3.42. The molecular formula is C20H10F5N5O. The number of aromatic nitrogens is 5. The topological polar surface area (TPSA) is 69.1 Å². The maximum atomic E-state index is 14.5. The fraction of sp³-hybridized carbons (Fsp3) is 0.100. The molecule has 0 unspecified atom stereocenters. The summed E-state index contributed by atoms with van der Waals surface area (Å²) in [5, 5.41) is 6.93. The molecule has 0 saturated carbocycles. The fourth-order valence-electron chi connectivity index (χ4n) is 3.29. The minimum atomic E-state index is -5.78. The number of fused-ring (bicyclic) bond motifs is 3. The fourth-order valence-corrected chi connectivity index (χ4v) is 3.29. The van der Waals surface area contributed by atoms with Crippen molar-refractivity contribution in [1.29, 1.82) is 0 Å². The van der Waals surface area contributed by atoms with Crippen LogP contribution in [0.5, 0.6) is 0 Å². The maximum absolute atomic E-state index is 14.5. The normalized spacial score (nSPS) is 12.7. The quantitative estimate of drug-likeness (QED) is 0.365. The van der Waals surface area contributed by atoms with E-state index in [1.165, 1.54) is 16.7 Å². The zero-order valence-corrected chi connectivity index (χ0v) is 15.3. The van der Waals surface area contributed by atoms with Gasteiger partial charge in [0.15, 0.2) is 0 Å². The van der Waals surface area contributed by atoms with Crippen LogP contribution in [0.15, 0.2) is 65.5 Å². The van der Waals surface area contributed by atoms with Gasteiger partial charge in [0.05, 0.1) is 5.69 Å². The van der Waals surface area contributed by atoms with Crippen molar-refractivity contribution in [2.45, 2.75) is 12.1 Å². The SMILES string of the molecule is FC(F)(F)C(F)(F)c1cc(-c2ccccc2)nc2c1ccc1nc(-c3nnco3)cn12. The number of rotatable bonds is 3. The third kappa shape index (κ3) is 3.00. The van der Waals surface area contributed by atoms with Crippen molar-refractivity contribution in [2.75, 3.05) is 0 Å². The third-order valence-corrected chi connectivity index (χ3v) is 4.74. The molecule has 156 valence electrons. The molecule has 0 fully saturated rings. The predicted octanol–water partition coefficient (Wildman–Crippen LogP) is 5.25. The van der Waals surface area contributed by atoms with E-state index < -0.39 is 17.7 Å². The van der Waals surface area contributed by atoms with Crippen LogP contribution in [0.25, 0.3) is 39.5 Å². The van der Waals surface area contributed by atoms with E-state index in [2.05, 4.69) is 20.2 Å². The lowest BCUT2D eigenvalue weighted by atomic mass is 10.0. The first kappa shape index (κ1) is 19.1. The molecule has 1 aromatic carbocycles. The predicted molar refractivity (Wildman–Crippen MR) is 99.2 cm³/mol. The molecule has 0 N–H and O–H groups in total. The van der Waals surface area contributed by atoms with Gasteiger partial charge in [-0.3, -0.25) is 4.40 Å². The van der Waals surface area contributed by atoms with Gasteiger partial charge >= 0.3 is 12.1 Å². The van der Waals surface area contributed by atoms with Crippen LogP contribution in [0.3, 0.4) is 0 Å². The first-order valence-corrected chi connectivity index (χ1v) is 8.85. The van der Waals surface area contributed by atoms with Gasteiger partial charge in [-0.05, 0) is 18.2 Å². The molecular weight excluding hydrogens is 421 g/mol. The molecule has 31 heavy (non-hydrogen) atoms. The highest BCUT2D eigenvalue weighted by molar-refractivity contribution is 5.86. The van der Waals surface area contributed by atoms with Crippen molar-refractivity contribution in [1.82, 2.24) is 24.6 Å². The van der Waals surface area contributed by atoms with Crippen LogP contribution in [0.4, 0.5) is 22.0 Å². The summed E-state index contributed by atoms with van der Waals surface area (Å²) in [5.41, 5.74) is -0.471. The molecule has 5 aromatic rings. The van der Waals surface area contributed by atoms with Gasteiger partial charge in [-0.1, -0.05) is 30.3 Å². The Morgan fingerprint density at radius 2 is 1.65 bits per heavy atom. The van der Waals surface area contributed by atoms with E-state index in [0.29, 0.717) is 5.56 Å². The molecule has 0 saturated heterocycles. The molecule has 0 amide bonds. The molecule has 11 heteroatoms. The Bertz CT molecular complexity index is 1390. The molecule has 0 atom stereocenters. The Balaban J connectivity index is 1.86. The standard InChI is InChI=1S/C20H10F5N5O/c21-19(22,20(23,24)25)13-8-14(11-4-2-1-3-5-11)28-17-12(13)6-7-16-27-15(9-30(16)17)18-29-26-10-31-18/h1-10H. The highest BCUT2D eigenvalue weighted by Gasteiger charge is 2.59. The highest BCUT2D eigenvalue weighted by Crippen LogP contribution is 2.47. The number of benzene rings is 1. The average molecular weight is 431 g/mol. The van der Waals surface area contributed by atoms with Crippen LogP contribution >= 0.6 is 0 Å². The molecule has 5 rings (SSSR count). The molecule has 0 spiro atoms. The van der Waals surface area contributed by atoms with E-state index in [1.807, 2.05) is 0 Å². The lowest BCUT2D eigenvalue weighted by molar-refractivity contribution is -0.288. The first-order valence-electron chi connectivity index (χ1n) is 8.85. The van der Waals surface area contributed by atoms with Crippen molar-refractivity contribution in [2.24, 2.45) is 0 Å². The van der Waals surface area contributed by atoms with Crippen molar-refractivity contribution < 1.29 is 26.4 Å². The van der Waals surface area contributed by atoms with E-state index in [-0.39, 0.29) is 34.0 Å². The Kier molecular flexibility index (Phi) is 4.04. The second-order valence-electron chi connectivity index (χ2n) is 6.66. The van der Waals surface area contributed by atoms with Gasteiger partial charge in [0, 0.05) is 22.7 Å². The molecule has 4 heterocycles. The van der Waals surface area contributed by atoms with E-state index in [1.54, 1.807) is 30.3 Å². The van der Waals surface area contributed by atoms with Gasteiger partial charge in [-0.15, -0.1) is 10.2 Å². The van der Waals surface area contributed by atoms with E-state index in [4.69, 9.17) is 4.42 Å². The summed E-state index contributed by atoms with van der Waals surface area (Å²) in [6, 6.07) is 11.3. The van der Waals surface area contributed by atoms with Crippen molar-refractivity contribution >= 4 is 16.7 Å². The summed E-state index contributed by atoms with van der Waals surface area (Å²) >= 11 is 0. The van der Waals surface area contributed by atoms with Gasteiger partial charge in [0.25, 0.3) is 5.89 Å². The molecule has 0 aliphatic rings. The summed E-state index contributed by atoms with van der Waals surface area (Å²) in [7, 11) is 0. The van der Waals surface area contributed by atoms with Crippen molar-refractivity contribution in [3.8, 4) is 22.8 Å². The van der Waals surface area contributed by atoms with E-state index in [9.17, 15) is 22.0 Å². The van der Waals surface area contributed by atoms with Crippen LogP contribution in [0.2, 0.25) is 0 Å². The monoisotopic (exact) mass is 431 g/mol. The van der Waals surface area contributed by atoms with E-state index in [0.717, 1.165) is 18.5 Å². The first-order chi connectivity index (χ1) is 14.8. The minimum Gasteiger partial charge on any atom is -0.422 e. The zero-order chi connectivity index (χ0) is 21.8. The summed E-state index contributed by atoms with van der Waals surface area (Å²) in [5.74, 6) is -5.03. The number of alkyl halides is 5. The van der Waals surface area contributed by atoms with Crippen LogP contribution < -0.4 is 0 Å². The summed E-state index contributed by atoms with van der Waals surface area (Å²) in [6.45, 7) is 0. The largest absolute Gasteiger partial charge is 0.458 e. The van der Waals surface area contributed by atoms with Crippen LogP contribution in [-0.2, 0) is 5.92 Å².